The number of anilines is 1. The first-order valence-electron chi connectivity index (χ1n) is 6.67. The van der Waals surface area contributed by atoms with Crippen molar-refractivity contribution in [2.24, 2.45) is 5.73 Å². The zero-order valence-corrected chi connectivity index (χ0v) is 12.1. The van der Waals surface area contributed by atoms with E-state index in [9.17, 15) is 4.79 Å². The van der Waals surface area contributed by atoms with Gasteiger partial charge < -0.3 is 11.1 Å². The fourth-order valence-corrected chi connectivity index (χ4v) is 2.08. The molecule has 1 amide bonds. The van der Waals surface area contributed by atoms with Gasteiger partial charge in [0.1, 0.15) is 6.04 Å². The van der Waals surface area contributed by atoms with Crippen molar-refractivity contribution >= 4 is 11.6 Å². The first-order valence-corrected chi connectivity index (χ1v) is 6.67. The second-order valence-electron chi connectivity index (χ2n) is 5.19. The van der Waals surface area contributed by atoms with Crippen LogP contribution in [0.1, 0.15) is 28.3 Å². The molecule has 0 aliphatic heterocycles. The van der Waals surface area contributed by atoms with Crippen LogP contribution in [0.2, 0.25) is 0 Å². The third kappa shape index (κ3) is 3.18. The van der Waals surface area contributed by atoms with Gasteiger partial charge in [0.15, 0.2) is 0 Å². The maximum absolute atomic E-state index is 11.7. The molecule has 0 saturated heterocycles. The predicted molar refractivity (Wildman–Crippen MR) is 82.7 cm³/mol. The van der Waals surface area contributed by atoms with Crippen molar-refractivity contribution < 1.29 is 4.79 Å². The number of benzene rings is 2. The highest BCUT2D eigenvalue weighted by molar-refractivity contribution is 5.84. The van der Waals surface area contributed by atoms with Crippen LogP contribution in [0.25, 0.3) is 0 Å². The second kappa shape index (κ2) is 5.78. The standard InChI is InChI=1S/C17H20N2O/c1-11-4-8-15(9-5-11)19-16(17(18)20)14-7-6-12(2)13(3)10-14/h4-10,16,19H,1-3H3,(H2,18,20). The van der Waals surface area contributed by atoms with Crippen LogP contribution in [-0.2, 0) is 4.79 Å². The Balaban J connectivity index is 2.29. The number of primary amides is 1. The molecule has 104 valence electrons. The van der Waals surface area contributed by atoms with Gasteiger partial charge in [0.05, 0.1) is 0 Å². The summed E-state index contributed by atoms with van der Waals surface area (Å²) in [4.78, 5) is 11.7. The lowest BCUT2D eigenvalue weighted by atomic mass is 10.0. The predicted octanol–water partition coefficient (Wildman–Crippen LogP) is 3.25. The quantitative estimate of drug-likeness (QED) is 0.894. The van der Waals surface area contributed by atoms with Gasteiger partial charge in [0.25, 0.3) is 0 Å². The van der Waals surface area contributed by atoms with Gasteiger partial charge in [-0.3, -0.25) is 4.79 Å². The molecule has 0 fully saturated rings. The lowest BCUT2D eigenvalue weighted by Crippen LogP contribution is -2.27. The summed E-state index contributed by atoms with van der Waals surface area (Å²) >= 11 is 0. The van der Waals surface area contributed by atoms with Crippen LogP contribution in [-0.4, -0.2) is 5.91 Å². The first-order chi connectivity index (χ1) is 9.47. The number of rotatable bonds is 4. The zero-order valence-electron chi connectivity index (χ0n) is 12.1. The van der Waals surface area contributed by atoms with Gasteiger partial charge in [-0.1, -0.05) is 35.9 Å². The molecule has 0 aliphatic rings. The summed E-state index contributed by atoms with van der Waals surface area (Å²) < 4.78 is 0. The van der Waals surface area contributed by atoms with Crippen molar-refractivity contribution in [2.45, 2.75) is 26.8 Å². The fraction of sp³-hybridized carbons (Fsp3) is 0.235. The van der Waals surface area contributed by atoms with Crippen molar-refractivity contribution in [2.75, 3.05) is 5.32 Å². The van der Waals surface area contributed by atoms with Crippen molar-refractivity contribution in [3.05, 3.63) is 64.7 Å². The second-order valence-corrected chi connectivity index (χ2v) is 5.19. The molecule has 0 radical (unpaired) electrons. The average molecular weight is 268 g/mol. The van der Waals surface area contributed by atoms with Crippen molar-refractivity contribution in [3.63, 3.8) is 0 Å². The molecule has 3 N–H and O–H groups in total. The van der Waals surface area contributed by atoms with Gasteiger partial charge in [0, 0.05) is 5.69 Å². The summed E-state index contributed by atoms with van der Waals surface area (Å²) in [5.41, 5.74) is 10.8. The molecule has 0 spiro atoms. The van der Waals surface area contributed by atoms with Crippen LogP contribution >= 0.6 is 0 Å². The highest BCUT2D eigenvalue weighted by Gasteiger charge is 2.17. The van der Waals surface area contributed by atoms with E-state index in [4.69, 9.17) is 5.73 Å². The SMILES string of the molecule is Cc1ccc(NC(C(N)=O)c2ccc(C)c(C)c2)cc1. The van der Waals surface area contributed by atoms with Gasteiger partial charge in [-0.25, -0.2) is 0 Å². The molecule has 0 saturated carbocycles. The Morgan fingerprint density at radius 1 is 1.00 bits per heavy atom. The molecule has 20 heavy (non-hydrogen) atoms. The molecular weight excluding hydrogens is 248 g/mol. The summed E-state index contributed by atoms with van der Waals surface area (Å²) in [5.74, 6) is -0.381. The monoisotopic (exact) mass is 268 g/mol. The Bertz CT molecular complexity index is 617. The van der Waals surface area contributed by atoms with E-state index in [-0.39, 0.29) is 5.91 Å². The number of hydrogen-bond donors (Lipinski definition) is 2. The van der Waals surface area contributed by atoms with Gasteiger partial charge in [-0.05, 0) is 49.6 Å². The minimum atomic E-state index is -0.517. The van der Waals surface area contributed by atoms with Crippen LogP contribution in [0.4, 0.5) is 5.69 Å². The number of hydrogen-bond acceptors (Lipinski definition) is 2. The number of nitrogens with one attached hydrogen (secondary N) is 1. The maximum Gasteiger partial charge on any atom is 0.244 e. The minimum Gasteiger partial charge on any atom is -0.370 e. The maximum atomic E-state index is 11.7. The lowest BCUT2D eigenvalue weighted by Gasteiger charge is -2.18. The Kier molecular flexibility index (Phi) is 4.08. The van der Waals surface area contributed by atoms with Crippen molar-refractivity contribution in [1.29, 1.82) is 0 Å². The third-order valence-electron chi connectivity index (χ3n) is 3.51. The minimum absolute atomic E-state index is 0.381. The molecule has 1 atom stereocenters. The van der Waals surface area contributed by atoms with Crippen LogP contribution < -0.4 is 11.1 Å². The highest BCUT2D eigenvalue weighted by Crippen LogP contribution is 2.22. The summed E-state index contributed by atoms with van der Waals surface area (Å²) in [6, 6.07) is 13.3. The van der Waals surface area contributed by atoms with Crippen LogP contribution in [0.3, 0.4) is 0 Å². The largest absolute Gasteiger partial charge is 0.370 e. The zero-order chi connectivity index (χ0) is 14.7. The van der Waals surface area contributed by atoms with Crippen LogP contribution in [0, 0.1) is 20.8 Å². The lowest BCUT2D eigenvalue weighted by molar-refractivity contribution is -0.118. The number of nitrogens with two attached hydrogens (primary N) is 1. The van der Waals surface area contributed by atoms with E-state index in [1.807, 2.05) is 63.2 Å². The highest BCUT2D eigenvalue weighted by atomic mass is 16.1. The molecule has 0 aliphatic carbocycles. The van der Waals surface area contributed by atoms with Crippen molar-refractivity contribution in [1.82, 2.24) is 0 Å². The molecule has 0 bridgehead atoms. The van der Waals surface area contributed by atoms with Crippen LogP contribution in [0.15, 0.2) is 42.5 Å². The summed E-state index contributed by atoms with van der Waals surface area (Å²) in [5, 5.41) is 3.19. The fourth-order valence-electron chi connectivity index (χ4n) is 2.08. The van der Waals surface area contributed by atoms with Gasteiger partial charge in [0.2, 0.25) is 5.91 Å². The number of aryl methyl sites for hydroxylation is 3. The van der Waals surface area contributed by atoms with Gasteiger partial charge in [-0.15, -0.1) is 0 Å². The Morgan fingerprint density at radius 3 is 2.20 bits per heavy atom. The summed E-state index contributed by atoms with van der Waals surface area (Å²) in [6.45, 7) is 6.10. The van der Waals surface area contributed by atoms with E-state index >= 15 is 0 Å². The molecule has 1 unspecified atom stereocenters. The Labute approximate surface area is 119 Å². The Morgan fingerprint density at radius 2 is 1.65 bits per heavy atom. The molecule has 2 aromatic carbocycles. The number of amides is 1. The number of carbonyl (C=O) groups is 1. The molecule has 0 aromatic heterocycles. The third-order valence-corrected chi connectivity index (χ3v) is 3.51. The van der Waals surface area contributed by atoms with E-state index in [1.54, 1.807) is 0 Å². The van der Waals surface area contributed by atoms with Gasteiger partial charge in [-0.2, -0.15) is 0 Å². The van der Waals surface area contributed by atoms with Crippen LogP contribution in [0.5, 0.6) is 0 Å². The first kappa shape index (κ1) is 14.1. The average Bonchev–Trinajstić information content (AvgIpc) is 2.41. The molecule has 0 heterocycles. The molecule has 3 heteroatoms. The van der Waals surface area contributed by atoms with Crippen molar-refractivity contribution in [3.8, 4) is 0 Å². The molecule has 3 nitrogen and oxygen atoms in total. The molecule has 2 aromatic rings. The van der Waals surface area contributed by atoms with Gasteiger partial charge >= 0.3 is 0 Å². The normalized spacial score (nSPS) is 11.9. The summed E-state index contributed by atoms with van der Waals surface area (Å²) in [7, 11) is 0. The molecular formula is C17H20N2O. The molecule has 2 rings (SSSR count). The van der Waals surface area contributed by atoms with E-state index in [1.165, 1.54) is 11.1 Å². The van der Waals surface area contributed by atoms with E-state index in [2.05, 4.69) is 5.32 Å². The Hall–Kier alpha value is -2.29. The summed E-state index contributed by atoms with van der Waals surface area (Å²) in [6.07, 6.45) is 0. The van der Waals surface area contributed by atoms with E-state index < -0.39 is 6.04 Å². The smallest absolute Gasteiger partial charge is 0.244 e. The van der Waals surface area contributed by atoms with E-state index in [0.29, 0.717) is 0 Å². The number of carbonyl (C=O) groups excluding carboxylic acids is 1. The van der Waals surface area contributed by atoms with E-state index in [0.717, 1.165) is 16.8 Å². The topological polar surface area (TPSA) is 55.1 Å².